The van der Waals surface area contributed by atoms with Crippen LogP contribution in [0.3, 0.4) is 0 Å². The van der Waals surface area contributed by atoms with E-state index >= 15 is 0 Å². The topological polar surface area (TPSA) is 55.4 Å². The largest absolute Gasteiger partial charge is 0.374 e. The molecule has 0 rings (SSSR count). The van der Waals surface area contributed by atoms with Crippen LogP contribution >= 0.6 is 0 Å². The molecule has 0 aromatic heterocycles. The molecule has 0 unspecified atom stereocenters. The minimum atomic E-state index is 0.0741. The summed E-state index contributed by atoms with van der Waals surface area (Å²) in [6.07, 6.45) is 7.53. The van der Waals surface area contributed by atoms with E-state index in [2.05, 4.69) is 5.32 Å². The lowest BCUT2D eigenvalue weighted by molar-refractivity contribution is -0.126. The van der Waals surface area contributed by atoms with Crippen LogP contribution in [0.1, 0.15) is 52.4 Å². The van der Waals surface area contributed by atoms with Crippen molar-refractivity contribution in [1.29, 1.82) is 0 Å². The Hall–Kier alpha value is -0.900. The van der Waals surface area contributed by atoms with Crippen LogP contribution in [0.15, 0.2) is 0 Å². The maximum atomic E-state index is 11.2. The van der Waals surface area contributed by atoms with Gasteiger partial charge in [-0.1, -0.05) is 39.5 Å². The average molecular weight is 257 g/mol. The first kappa shape index (κ1) is 17.1. The van der Waals surface area contributed by atoms with Crippen molar-refractivity contribution in [2.24, 2.45) is 5.92 Å². The third-order valence-electron chi connectivity index (χ3n) is 2.83. The Labute approximate surface area is 110 Å². The zero-order chi connectivity index (χ0) is 13.6. The van der Waals surface area contributed by atoms with Crippen LogP contribution in [-0.2, 0) is 14.3 Å². The maximum absolute atomic E-state index is 11.2. The summed E-state index contributed by atoms with van der Waals surface area (Å²) in [5, 5.41) is 2.65. The molecule has 0 aliphatic rings. The number of carbonyl (C=O) groups excluding carboxylic acids is 2. The predicted molar refractivity (Wildman–Crippen MR) is 72.4 cm³/mol. The molecule has 0 spiro atoms. The van der Waals surface area contributed by atoms with Crippen molar-refractivity contribution in [3.8, 4) is 0 Å². The zero-order valence-electron chi connectivity index (χ0n) is 11.7. The lowest BCUT2D eigenvalue weighted by Gasteiger charge is -2.05. The van der Waals surface area contributed by atoms with Gasteiger partial charge in [0.05, 0.1) is 0 Å². The molecule has 4 heteroatoms. The Morgan fingerprint density at radius 2 is 1.72 bits per heavy atom. The van der Waals surface area contributed by atoms with Gasteiger partial charge < -0.3 is 10.1 Å². The molecular formula is C14H27NO3. The second-order valence-electron chi connectivity index (χ2n) is 4.87. The first-order valence-electron chi connectivity index (χ1n) is 6.96. The van der Waals surface area contributed by atoms with Gasteiger partial charge >= 0.3 is 0 Å². The summed E-state index contributed by atoms with van der Waals surface area (Å²) >= 11 is 0. The molecule has 0 fully saturated rings. The predicted octanol–water partition coefficient (Wildman–Crippen LogP) is 2.31. The Bertz CT molecular complexity index is 217. The Kier molecular flexibility index (Phi) is 11.9. The van der Waals surface area contributed by atoms with Gasteiger partial charge in [0, 0.05) is 19.1 Å². The van der Waals surface area contributed by atoms with Crippen LogP contribution in [0.2, 0.25) is 0 Å². The molecule has 0 atom stereocenters. The highest BCUT2D eigenvalue weighted by molar-refractivity contribution is 5.81. The molecule has 0 radical (unpaired) electrons. The fourth-order valence-corrected chi connectivity index (χ4v) is 1.54. The minimum Gasteiger partial charge on any atom is -0.374 e. The number of carbonyl (C=O) groups is 2. The van der Waals surface area contributed by atoms with E-state index in [1.165, 1.54) is 12.8 Å². The van der Waals surface area contributed by atoms with Gasteiger partial charge in [-0.25, -0.2) is 0 Å². The van der Waals surface area contributed by atoms with Gasteiger partial charge in [-0.15, -0.1) is 0 Å². The zero-order valence-corrected chi connectivity index (χ0v) is 11.7. The van der Waals surface area contributed by atoms with Gasteiger partial charge in [-0.2, -0.15) is 0 Å². The molecule has 0 heterocycles. The van der Waals surface area contributed by atoms with E-state index in [0.29, 0.717) is 6.61 Å². The fourth-order valence-electron chi connectivity index (χ4n) is 1.54. The number of Topliss-reactive ketones (excluding diaryl/α,β-unsaturated/α-hetero) is 1. The first-order valence-corrected chi connectivity index (χ1v) is 6.96. The summed E-state index contributed by atoms with van der Waals surface area (Å²) in [5.74, 6) is 0.252. The van der Waals surface area contributed by atoms with E-state index in [0.717, 1.165) is 38.6 Å². The molecule has 0 aliphatic carbocycles. The third kappa shape index (κ3) is 11.6. The highest BCUT2D eigenvalue weighted by Crippen LogP contribution is 2.05. The summed E-state index contributed by atoms with van der Waals surface area (Å²) in [6, 6.07) is 0. The summed E-state index contributed by atoms with van der Waals surface area (Å²) in [4.78, 5) is 21.2. The molecular weight excluding hydrogens is 230 g/mol. The Morgan fingerprint density at radius 3 is 2.33 bits per heavy atom. The van der Waals surface area contributed by atoms with Crippen LogP contribution in [-0.4, -0.2) is 32.0 Å². The first-order chi connectivity index (χ1) is 8.68. The Balaban J connectivity index is 3.07. The molecule has 0 aromatic carbocycles. The third-order valence-corrected chi connectivity index (χ3v) is 2.83. The normalized spacial score (nSPS) is 10.6. The molecule has 0 saturated heterocycles. The number of unbranched alkanes of at least 4 members (excludes halogenated alkanes) is 5. The number of amides is 1. The molecule has 0 saturated carbocycles. The van der Waals surface area contributed by atoms with Gasteiger partial charge in [0.2, 0.25) is 6.41 Å². The second-order valence-corrected chi connectivity index (χ2v) is 4.87. The quantitative estimate of drug-likeness (QED) is 0.407. The minimum absolute atomic E-state index is 0.0741. The molecule has 0 aliphatic heterocycles. The van der Waals surface area contributed by atoms with Gasteiger partial charge in [0.25, 0.3) is 0 Å². The van der Waals surface area contributed by atoms with E-state index in [1.807, 2.05) is 13.8 Å². The van der Waals surface area contributed by atoms with Crippen LogP contribution in [0, 0.1) is 5.92 Å². The van der Waals surface area contributed by atoms with Crippen molar-refractivity contribution >= 4 is 12.2 Å². The monoisotopic (exact) mass is 257 g/mol. The van der Waals surface area contributed by atoms with Crippen molar-refractivity contribution in [3.63, 3.8) is 0 Å². The van der Waals surface area contributed by atoms with Gasteiger partial charge in [0.1, 0.15) is 6.61 Å². The fraction of sp³-hybridized carbons (Fsp3) is 0.857. The summed E-state index contributed by atoms with van der Waals surface area (Å²) in [6.45, 7) is 5.51. The maximum Gasteiger partial charge on any atom is 0.207 e. The van der Waals surface area contributed by atoms with Crippen LogP contribution in [0.25, 0.3) is 0 Å². The van der Waals surface area contributed by atoms with E-state index in [9.17, 15) is 9.59 Å². The van der Waals surface area contributed by atoms with Crippen LogP contribution < -0.4 is 5.32 Å². The molecule has 4 nitrogen and oxygen atoms in total. The van der Waals surface area contributed by atoms with E-state index in [4.69, 9.17) is 4.74 Å². The molecule has 0 bridgehead atoms. The molecule has 18 heavy (non-hydrogen) atoms. The molecule has 1 amide bonds. The van der Waals surface area contributed by atoms with Crippen molar-refractivity contribution in [2.45, 2.75) is 52.4 Å². The van der Waals surface area contributed by atoms with E-state index < -0.39 is 0 Å². The van der Waals surface area contributed by atoms with Crippen molar-refractivity contribution < 1.29 is 14.3 Å². The van der Waals surface area contributed by atoms with Crippen molar-refractivity contribution in [1.82, 2.24) is 5.32 Å². The molecule has 106 valence electrons. The number of ketones is 1. The second kappa shape index (κ2) is 12.6. The number of ether oxygens (including phenoxy) is 1. The van der Waals surface area contributed by atoms with Crippen LogP contribution in [0.4, 0.5) is 0 Å². The Morgan fingerprint density at radius 1 is 1.11 bits per heavy atom. The van der Waals surface area contributed by atoms with Gasteiger partial charge in [-0.05, 0) is 12.8 Å². The van der Waals surface area contributed by atoms with Gasteiger partial charge in [-0.3, -0.25) is 9.59 Å². The van der Waals surface area contributed by atoms with Crippen molar-refractivity contribution in [3.05, 3.63) is 0 Å². The average Bonchev–Trinajstić information content (AvgIpc) is 2.35. The lowest BCUT2D eigenvalue weighted by Crippen LogP contribution is -2.15. The smallest absolute Gasteiger partial charge is 0.207 e. The number of rotatable bonds is 13. The van der Waals surface area contributed by atoms with E-state index in [-0.39, 0.29) is 18.3 Å². The highest BCUT2D eigenvalue weighted by Gasteiger charge is 2.06. The van der Waals surface area contributed by atoms with Crippen molar-refractivity contribution in [2.75, 3.05) is 19.8 Å². The lowest BCUT2D eigenvalue weighted by atomic mass is 10.1. The molecule has 1 N–H and O–H groups in total. The van der Waals surface area contributed by atoms with Gasteiger partial charge in [0.15, 0.2) is 5.78 Å². The number of hydrogen-bond donors (Lipinski definition) is 1. The number of nitrogens with one attached hydrogen (secondary N) is 1. The summed E-state index contributed by atoms with van der Waals surface area (Å²) in [5.41, 5.74) is 0. The standard InChI is InChI=1S/C14H27NO3/c1-13(2)14(17)11-18-10-8-6-4-3-5-7-9-15-12-16/h12-13H,3-11H2,1-2H3,(H,15,16). The molecule has 0 aromatic rings. The summed E-state index contributed by atoms with van der Waals surface area (Å²) in [7, 11) is 0. The summed E-state index contributed by atoms with van der Waals surface area (Å²) < 4.78 is 5.32. The SMILES string of the molecule is CC(C)C(=O)COCCCCCCCCNC=O. The van der Waals surface area contributed by atoms with E-state index in [1.54, 1.807) is 0 Å². The highest BCUT2D eigenvalue weighted by atomic mass is 16.5. The van der Waals surface area contributed by atoms with Crippen LogP contribution in [0.5, 0.6) is 0 Å². The number of hydrogen-bond acceptors (Lipinski definition) is 3.